The van der Waals surface area contributed by atoms with Crippen molar-refractivity contribution in [2.75, 3.05) is 0 Å². The van der Waals surface area contributed by atoms with E-state index in [1.807, 2.05) is 0 Å². The fourth-order valence-electron chi connectivity index (χ4n) is 0.391. The van der Waals surface area contributed by atoms with Gasteiger partial charge in [0.05, 0.1) is 5.97 Å². The van der Waals surface area contributed by atoms with Crippen molar-refractivity contribution in [2.24, 2.45) is 5.73 Å². The largest absolute Gasteiger partial charge is 1.00 e. The van der Waals surface area contributed by atoms with Gasteiger partial charge in [-0.15, -0.1) is 0 Å². The topological polar surface area (TPSA) is 164 Å². The molecule has 82 valence electrons. The molecule has 0 rings (SSSR count). The first-order valence-corrected chi connectivity index (χ1v) is 4.31. The van der Waals surface area contributed by atoms with E-state index in [9.17, 15) is 19.8 Å². The Labute approximate surface area is 179 Å². The van der Waals surface area contributed by atoms with Crippen molar-refractivity contribution in [1.29, 1.82) is 4.78 Å². The molecule has 0 heterocycles. The first-order chi connectivity index (χ1) is 6.27. The van der Waals surface area contributed by atoms with Crippen molar-refractivity contribution in [1.82, 2.24) is 0 Å². The smallest absolute Gasteiger partial charge is 0.550 e. The second-order valence-corrected chi connectivity index (χ2v) is 2.54. The molecule has 0 aromatic rings. The summed E-state index contributed by atoms with van der Waals surface area (Å²) >= 11 is 0. The molecule has 0 fully saturated rings. The SMILES string of the molecule is N=S(=O)=O.N[C@@H](CCC(=O)[O-])C(=O)[O-].[K+].[K+]. The van der Waals surface area contributed by atoms with Crippen LogP contribution in [0.15, 0.2) is 0 Å². The van der Waals surface area contributed by atoms with Gasteiger partial charge < -0.3 is 25.5 Å². The Morgan fingerprint density at radius 2 is 1.56 bits per heavy atom. The van der Waals surface area contributed by atoms with Crippen LogP contribution in [-0.2, 0) is 20.1 Å². The molecule has 0 amide bonds. The molecule has 0 saturated heterocycles. The zero-order valence-electron chi connectivity index (χ0n) is 8.93. The summed E-state index contributed by atoms with van der Waals surface area (Å²) in [7, 11) is -2.61. The third kappa shape index (κ3) is 29.7. The quantitative estimate of drug-likeness (QED) is 0.486. The van der Waals surface area contributed by atoms with Gasteiger partial charge in [0, 0.05) is 12.0 Å². The summed E-state index contributed by atoms with van der Waals surface area (Å²) < 4.78 is 22.8. The van der Waals surface area contributed by atoms with Crippen LogP contribution in [0.25, 0.3) is 0 Å². The van der Waals surface area contributed by atoms with Gasteiger partial charge in [0.1, 0.15) is 0 Å². The van der Waals surface area contributed by atoms with Crippen molar-refractivity contribution < 1.29 is 131 Å². The summed E-state index contributed by atoms with van der Waals surface area (Å²) in [6.07, 6.45) is -0.500. The standard InChI is InChI=1S/C5H9NO4.2K.HNO2S/c6-3(5(9)10)1-2-4(7)8;;;1-4(2)3/h3H,1-2,6H2,(H,7,8)(H,9,10);;;1H/q;2*+1;/p-2/t3-;;;/m0.../s1. The number of hydrogen-bond acceptors (Lipinski definition) is 8. The van der Waals surface area contributed by atoms with Crippen LogP contribution in [0, 0.1) is 4.78 Å². The Kier molecular flexibility index (Phi) is 27.7. The number of carbonyl (C=O) groups is 2. The maximum atomic E-state index is 9.86. The minimum absolute atomic E-state index is 0. The van der Waals surface area contributed by atoms with Crippen molar-refractivity contribution in [3.8, 4) is 0 Å². The third-order valence-electron chi connectivity index (χ3n) is 0.962. The fraction of sp³-hybridized carbons (Fsp3) is 0.600. The third-order valence-corrected chi connectivity index (χ3v) is 0.962. The van der Waals surface area contributed by atoms with Gasteiger partial charge in [-0.2, -0.15) is 13.2 Å². The van der Waals surface area contributed by atoms with Crippen LogP contribution in [0.5, 0.6) is 0 Å². The van der Waals surface area contributed by atoms with Crippen molar-refractivity contribution in [3.63, 3.8) is 0 Å². The van der Waals surface area contributed by atoms with Gasteiger partial charge in [0.2, 0.25) is 0 Å². The van der Waals surface area contributed by atoms with Crippen LogP contribution < -0.4 is 119 Å². The van der Waals surface area contributed by atoms with E-state index in [1.54, 1.807) is 0 Å². The van der Waals surface area contributed by atoms with E-state index < -0.39 is 28.5 Å². The van der Waals surface area contributed by atoms with Crippen LogP contribution in [0.3, 0.4) is 0 Å². The zero-order chi connectivity index (χ0) is 11.7. The van der Waals surface area contributed by atoms with E-state index in [1.165, 1.54) is 0 Å². The van der Waals surface area contributed by atoms with E-state index in [0.29, 0.717) is 0 Å². The normalized spacial score (nSPS) is 9.31. The fourth-order valence-corrected chi connectivity index (χ4v) is 0.391. The predicted octanol–water partition coefficient (Wildman–Crippen LogP) is -9.77. The minimum Gasteiger partial charge on any atom is -0.550 e. The van der Waals surface area contributed by atoms with Crippen LogP contribution >= 0.6 is 0 Å². The zero-order valence-corrected chi connectivity index (χ0v) is 16.0. The average molecular weight is 302 g/mol. The van der Waals surface area contributed by atoms with Gasteiger partial charge in [-0.3, -0.25) is 0 Å². The van der Waals surface area contributed by atoms with Crippen LogP contribution in [0.2, 0.25) is 0 Å². The number of nitrogens with one attached hydrogen (secondary N) is 1. The van der Waals surface area contributed by atoms with Crippen molar-refractivity contribution in [2.45, 2.75) is 18.9 Å². The molecule has 0 bridgehead atoms. The molecule has 0 saturated carbocycles. The van der Waals surface area contributed by atoms with Gasteiger partial charge in [-0.05, 0) is 12.8 Å². The number of hydrogen-bond donors (Lipinski definition) is 2. The summed E-state index contributed by atoms with van der Waals surface area (Å²) in [6.45, 7) is 0. The Balaban J connectivity index is -0.000000105. The number of aliphatic carboxylic acids is 2. The average Bonchev–Trinajstić information content (AvgIpc) is 1.98. The van der Waals surface area contributed by atoms with Crippen LogP contribution in [0.1, 0.15) is 12.8 Å². The van der Waals surface area contributed by atoms with Crippen molar-refractivity contribution >= 4 is 22.4 Å². The first-order valence-electron chi connectivity index (χ1n) is 3.24. The Morgan fingerprint density at radius 3 is 1.75 bits per heavy atom. The summed E-state index contributed by atoms with van der Waals surface area (Å²) in [5.74, 6) is -2.75. The maximum Gasteiger partial charge on any atom is 1.00 e. The van der Waals surface area contributed by atoms with Gasteiger partial charge in [0.15, 0.2) is 0 Å². The molecule has 3 N–H and O–H groups in total. The summed E-state index contributed by atoms with van der Waals surface area (Å²) in [6, 6.07) is -1.21. The van der Waals surface area contributed by atoms with E-state index in [4.69, 9.17) is 18.9 Å². The molecule has 0 unspecified atom stereocenters. The molecular formula is C5H8K2N2O6S. The number of rotatable bonds is 4. The predicted molar refractivity (Wildman–Crippen MR) is 38.9 cm³/mol. The summed E-state index contributed by atoms with van der Waals surface area (Å²) in [4.78, 5) is 19.6. The van der Waals surface area contributed by atoms with Gasteiger partial charge in [-0.25, -0.2) is 0 Å². The van der Waals surface area contributed by atoms with Crippen molar-refractivity contribution in [3.05, 3.63) is 0 Å². The van der Waals surface area contributed by atoms with E-state index in [-0.39, 0.29) is 116 Å². The van der Waals surface area contributed by atoms with E-state index >= 15 is 0 Å². The Bertz CT molecular complexity index is 297. The van der Waals surface area contributed by atoms with Gasteiger partial charge in [-0.1, -0.05) is 0 Å². The number of carboxylic acids is 2. The number of nitrogens with two attached hydrogens (primary N) is 1. The van der Waals surface area contributed by atoms with E-state index in [0.717, 1.165) is 0 Å². The molecular weight excluding hydrogens is 294 g/mol. The van der Waals surface area contributed by atoms with Crippen LogP contribution in [0.4, 0.5) is 0 Å². The molecule has 0 radical (unpaired) electrons. The molecule has 0 aliphatic carbocycles. The second kappa shape index (κ2) is 16.8. The van der Waals surface area contributed by atoms with Gasteiger partial charge in [0.25, 0.3) is 0 Å². The Hall–Kier alpha value is 1.79. The molecule has 11 heteroatoms. The molecule has 0 aliphatic rings. The molecule has 16 heavy (non-hydrogen) atoms. The monoisotopic (exact) mass is 302 g/mol. The summed E-state index contributed by atoms with van der Waals surface area (Å²) in [5, 5.41) is 19.6. The summed E-state index contributed by atoms with van der Waals surface area (Å²) in [5.41, 5.74) is 4.91. The Morgan fingerprint density at radius 1 is 1.25 bits per heavy atom. The maximum absolute atomic E-state index is 9.86. The number of carboxylic acid groups (broad SMARTS) is 2. The van der Waals surface area contributed by atoms with Gasteiger partial charge >= 0.3 is 113 Å². The molecule has 0 aliphatic heterocycles. The molecule has 0 aromatic carbocycles. The molecule has 0 spiro atoms. The molecule has 1 atom stereocenters. The second-order valence-electron chi connectivity index (χ2n) is 2.07. The van der Waals surface area contributed by atoms with Crippen LogP contribution in [-0.4, -0.2) is 26.4 Å². The minimum atomic E-state index is -2.61. The number of carbonyl (C=O) groups excluding carboxylic acids is 2. The first kappa shape index (κ1) is 26.4. The molecule has 0 aromatic heterocycles. The van der Waals surface area contributed by atoms with E-state index in [2.05, 4.69) is 0 Å². The molecule has 8 nitrogen and oxygen atoms in total.